The van der Waals surface area contributed by atoms with Crippen molar-refractivity contribution in [1.29, 1.82) is 0 Å². The van der Waals surface area contributed by atoms with Gasteiger partial charge in [0, 0.05) is 5.69 Å². The first kappa shape index (κ1) is 15.1. The highest BCUT2D eigenvalue weighted by Crippen LogP contribution is 2.27. The lowest BCUT2D eigenvalue weighted by Gasteiger charge is -2.19. The highest BCUT2D eigenvalue weighted by atomic mass is 16.6. The third kappa shape index (κ3) is 3.63. The van der Waals surface area contributed by atoms with Gasteiger partial charge in [0.1, 0.15) is 5.60 Å². The number of ether oxygens (including phenoxy) is 1. The van der Waals surface area contributed by atoms with Crippen molar-refractivity contribution in [2.45, 2.75) is 33.3 Å². The van der Waals surface area contributed by atoms with Gasteiger partial charge in [0.25, 0.3) is 0 Å². The molecule has 0 bridgehead atoms. The minimum Gasteiger partial charge on any atom is -0.456 e. The monoisotopic (exact) mass is 283 g/mol. The summed E-state index contributed by atoms with van der Waals surface area (Å²) in [6.07, 6.45) is 0. The predicted octanol–water partition coefficient (Wildman–Crippen LogP) is 4.20. The lowest BCUT2D eigenvalue weighted by Crippen LogP contribution is -2.23. The van der Waals surface area contributed by atoms with Gasteiger partial charge in [-0.3, -0.25) is 0 Å². The minimum atomic E-state index is -0.486. The van der Waals surface area contributed by atoms with Gasteiger partial charge in [-0.25, -0.2) is 4.79 Å². The molecule has 3 nitrogen and oxygen atoms in total. The zero-order valence-electron chi connectivity index (χ0n) is 12.9. The van der Waals surface area contributed by atoms with Crippen LogP contribution in [0.1, 0.15) is 36.7 Å². The van der Waals surface area contributed by atoms with Crippen LogP contribution in [0.4, 0.5) is 5.69 Å². The maximum absolute atomic E-state index is 12.0. The number of rotatable bonds is 2. The van der Waals surface area contributed by atoms with Gasteiger partial charge in [0.05, 0.1) is 5.56 Å². The molecule has 110 valence electrons. The summed E-state index contributed by atoms with van der Waals surface area (Å²) in [4.78, 5) is 12.0. The molecule has 0 aliphatic heterocycles. The fourth-order valence-corrected chi connectivity index (χ4v) is 2.09. The van der Waals surface area contributed by atoms with Crippen molar-refractivity contribution in [2.75, 3.05) is 5.73 Å². The number of benzene rings is 2. The van der Waals surface area contributed by atoms with Gasteiger partial charge in [0.15, 0.2) is 0 Å². The third-order valence-electron chi connectivity index (χ3n) is 3.21. The van der Waals surface area contributed by atoms with Crippen LogP contribution in [0.5, 0.6) is 0 Å². The molecule has 21 heavy (non-hydrogen) atoms. The molecule has 2 rings (SSSR count). The Balaban J connectivity index is 2.27. The molecule has 0 aliphatic carbocycles. The summed E-state index contributed by atoms with van der Waals surface area (Å²) in [6, 6.07) is 13.2. The molecule has 0 fully saturated rings. The first-order chi connectivity index (χ1) is 9.78. The molecule has 0 amide bonds. The van der Waals surface area contributed by atoms with E-state index in [4.69, 9.17) is 10.5 Å². The van der Waals surface area contributed by atoms with Crippen LogP contribution in [-0.2, 0) is 4.74 Å². The summed E-state index contributed by atoms with van der Waals surface area (Å²) >= 11 is 0. The maximum Gasteiger partial charge on any atom is 0.338 e. The Morgan fingerprint density at radius 1 is 1.05 bits per heavy atom. The second-order valence-corrected chi connectivity index (χ2v) is 6.10. The van der Waals surface area contributed by atoms with Gasteiger partial charge in [0.2, 0.25) is 0 Å². The second-order valence-electron chi connectivity index (χ2n) is 6.10. The normalized spacial score (nSPS) is 11.2. The SMILES string of the molecule is Cc1c(N)cccc1-c1ccc(C(=O)OC(C)(C)C)cc1. The zero-order valence-corrected chi connectivity index (χ0v) is 12.9. The second kappa shape index (κ2) is 5.60. The molecule has 0 heterocycles. The average molecular weight is 283 g/mol. The van der Waals surface area contributed by atoms with Crippen LogP contribution in [0.3, 0.4) is 0 Å². The number of nitrogen functional groups attached to an aromatic ring is 1. The number of anilines is 1. The van der Waals surface area contributed by atoms with Crippen molar-refractivity contribution >= 4 is 11.7 Å². The van der Waals surface area contributed by atoms with E-state index in [-0.39, 0.29) is 5.97 Å². The highest BCUT2D eigenvalue weighted by Gasteiger charge is 2.17. The van der Waals surface area contributed by atoms with Crippen molar-refractivity contribution in [1.82, 2.24) is 0 Å². The van der Waals surface area contributed by atoms with Crippen molar-refractivity contribution < 1.29 is 9.53 Å². The number of hydrogen-bond donors (Lipinski definition) is 1. The lowest BCUT2D eigenvalue weighted by molar-refractivity contribution is 0.00696. The number of hydrogen-bond acceptors (Lipinski definition) is 3. The topological polar surface area (TPSA) is 52.3 Å². The molecule has 0 unspecified atom stereocenters. The average Bonchev–Trinajstić information content (AvgIpc) is 2.40. The number of nitrogens with two attached hydrogens (primary N) is 1. The quantitative estimate of drug-likeness (QED) is 0.664. The van der Waals surface area contributed by atoms with E-state index in [1.54, 1.807) is 12.1 Å². The molecule has 0 radical (unpaired) electrons. The minimum absolute atomic E-state index is 0.307. The van der Waals surface area contributed by atoms with E-state index >= 15 is 0 Å². The summed E-state index contributed by atoms with van der Waals surface area (Å²) in [5.41, 5.74) is 9.92. The molecule has 3 heteroatoms. The molecule has 0 atom stereocenters. The molecule has 2 aromatic rings. The Morgan fingerprint density at radius 3 is 2.24 bits per heavy atom. The Hall–Kier alpha value is -2.29. The fraction of sp³-hybridized carbons (Fsp3) is 0.278. The van der Waals surface area contributed by atoms with E-state index in [0.29, 0.717) is 5.56 Å². The van der Waals surface area contributed by atoms with Crippen LogP contribution in [0, 0.1) is 6.92 Å². The lowest BCUT2D eigenvalue weighted by atomic mass is 9.98. The van der Waals surface area contributed by atoms with E-state index in [0.717, 1.165) is 22.4 Å². The van der Waals surface area contributed by atoms with E-state index in [1.165, 1.54) is 0 Å². The fourth-order valence-electron chi connectivity index (χ4n) is 2.09. The molecule has 0 spiro atoms. The number of esters is 1. The molecule has 0 aromatic heterocycles. The smallest absolute Gasteiger partial charge is 0.338 e. The van der Waals surface area contributed by atoms with Gasteiger partial charge in [-0.05, 0) is 62.6 Å². The van der Waals surface area contributed by atoms with Crippen LogP contribution in [-0.4, -0.2) is 11.6 Å². The van der Waals surface area contributed by atoms with Crippen molar-refractivity contribution in [3.8, 4) is 11.1 Å². The molecule has 0 saturated heterocycles. The van der Waals surface area contributed by atoms with Crippen molar-refractivity contribution in [3.63, 3.8) is 0 Å². The summed E-state index contributed by atoms with van der Waals surface area (Å²) in [5.74, 6) is -0.307. The van der Waals surface area contributed by atoms with Crippen LogP contribution >= 0.6 is 0 Å². The standard InChI is InChI=1S/C18H21NO2/c1-12-15(6-5-7-16(12)19)13-8-10-14(11-9-13)17(20)21-18(2,3)4/h5-11H,19H2,1-4H3. The number of carbonyl (C=O) groups excluding carboxylic acids is 1. The largest absolute Gasteiger partial charge is 0.456 e. The van der Waals surface area contributed by atoms with Gasteiger partial charge in [-0.2, -0.15) is 0 Å². The molecule has 0 saturated carbocycles. The van der Waals surface area contributed by atoms with Gasteiger partial charge >= 0.3 is 5.97 Å². The van der Waals surface area contributed by atoms with Gasteiger partial charge in [-0.15, -0.1) is 0 Å². The van der Waals surface area contributed by atoms with E-state index in [2.05, 4.69) is 0 Å². The molecular formula is C18H21NO2. The maximum atomic E-state index is 12.0. The molecule has 2 aromatic carbocycles. The zero-order chi connectivity index (χ0) is 15.6. The molecule has 2 N–H and O–H groups in total. The van der Waals surface area contributed by atoms with Gasteiger partial charge in [-0.1, -0.05) is 24.3 Å². The third-order valence-corrected chi connectivity index (χ3v) is 3.21. The highest BCUT2D eigenvalue weighted by molar-refractivity contribution is 5.90. The van der Waals surface area contributed by atoms with Crippen LogP contribution in [0.25, 0.3) is 11.1 Å². The Morgan fingerprint density at radius 2 is 1.67 bits per heavy atom. The van der Waals surface area contributed by atoms with Gasteiger partial charge < -0.3 is 10.5 Å². The first-order valence-electron chi connectivity index (χ1n) is 6.97. The number of carbonyl (C=O) groups is 1. The van der Waals surface area contributed by atoms with Crippen LogP contribution < -0.4 is 5.73 Å². The molecular weight excluding hydrogens is 262 g/mol. The Labute approximate surface area is 125 Å². The Bertz CT molecular complexity index is 652. The van der Waals surface area contributed by atoms with Crippen LogP contribution in [0.15, 0.2) is 42.5 Å². The van der Waals surface area contributed by atoms with E-state index in [9.17, 15) is 4.79 Å². The predicted molar refractivity (Wildman–Crippen MR) is 86.2 cm³/mol. The van der Waals surface area contributed by atoms with Crippen molar-refractivity contribution in [2.24, 2.45) is 0 Å². The summed E-state index contributed by atoms with van der Waals surface area (Å²) in [6.45, 7) is 7.56. The van der Waals surface area contributed by atoms with E-state index in [1.807, 2.05) is 58.0 Å². The first-order valence-corrected chi connectivity index (χ1v) is 6.97. The molecule has 0 aliphatic rings. The summed E-state index contributed by atoms with van der Waals surface area (Å²) < 4.78 is 5.35. The van der Waals surface area contributed by atoms with Crippen molar-refractivity contribution in [3.05, 3.63) is 53.6 Å². The van der Waals surface area contributed by atoms with Crippen LogP contribution in [0.2, 0.25) is 0 Å². The Kier molecular flexibility index (Phi) is 4.03. The van der Waals surface area contributed by atoms with E-state index < -0.39 is 5.60 Å². The summed E-state index contributed by atoms with van der Waals surface area (Å²) in [7, 11) is 0. The summed E-state index contributed by atoms with van der Waals surface area (Å²) in [5, 5.41) is 0.